The molecule has 0 N–H and O–H groups in total. The van der Waals surface area contributed by atoms with Gasteiger partial charge in [-0.25, -0.2) is 4.98 Å². The zero-order valence-corrected chi connectivity index (χ0v) is 12.4. The lowest BCUT2D eigenvalue weighted by molar-refractivity contribution is -0.116. The van der Waals surface area contributed by atoms with E-state index in [1.807, 2.05) is 40.9 Å². The Morgan fingerprint density at radius 3 is 3.00 bits per heavy atom. The third kappa shape index (κ3) is 2.33. The van der Waals surface area contributed by atoms with Crippen LogP contribution in [0.15, 0.2) is 41.8 Å². The highest BCUT2D eigenvalue weighted by Gasteiger charge is 2.30. The van der Waals surface area contributed by atoms with Gasteiger partial charge in [0.2, 0.25) is 5.91 Å². The van der Waals surface area contributed by atoms with E-state index in [4.69, 9.17) is 0 Å². The lowest BCUT2D eigenvalue weighted by atomic mass is 10.1. The number of anilines is 1. The van der Waals surface area contributed by atoms with Gasteiger partial charge in [-0.2, -0.15) is 0 Å². The van der Waals surface area contributed by atoms with E-state index in [-0.39, 0.29) is 11.9 Å². The van der Waals surface area contributed by atoms with Crippen molar-refractivity contribution >= 4 is 23.4 Å². The van der Waals surface area contributed by atoms with Crippen LogP contribution >= 0.6 is 11.8 Å². The number of thioether (sulfide) groups is 1. The number of aryl methyl sites for hydroxylation is 1. The molecule has 0 spiro atoms. The first-order valence-corrected chi connectivity index (χ1v) is 7.65. The van der Waals surface area contributed by atoms with Gasteiger partial charge >= 0.3 is 0 Å². The molecular weight excluding hydrogens is 270 g/mol. The zero-order chi connectivity index (χ0) is 14.1. The maximum Gasteiger partial charge on any atom is 0.237 e. The van der Waals surface area contributed by atoms with E-state index >= 15 is 0 Å². The second kappa shape index (κ2) is 5.32. The molecule has 0 fully saturated rings. The Bertz CT molecular complexity index is 638. The first-order valence-electron chi connectivity index (χ1n) is 6.67. The molecule has 1 aliphatic rings. The molecule has 1 aromatic heterocycles. The number of para-hydroxylation sites is 1. The fourth-order valence-electron chi connectivity index (χ4n) is 2.63. The third-order valence-electron chi connectivity index (χ3n) is 3.58. The van der Waals surface area contributed by atoms with Gasteiger partial charge in [0.25, 0.3) is 0 Å². The van der Waals surface area contributed by atoms with Crippen LogP contribution in [-0.2, 0) is 18.3 Å². The summed E-state index contributed by atoms with van der Waals surface area (Å²) in [6, 6.07) is 8.39. The number of nitrogens with zero attached hydrogens (tertiary/aromatic N) is 3. The Kier molecular flexibility index (Phi) is 3.53. The summed E-state index contributed by atoms with van der Waals surface area (Å²) in [5.41, 5.74) is 2.32. The predicted molar refractivity (Wildman–Crippen MR) is 81.0 cm³/mol. The molecule has 0 aliphatic carbocycles. The highest BCUT2D eigenvalue weighted by atomic mass is 32.2. The molecule has 0 bridgehead atoms. The van der Waals surface area contributed by atoms with Gasteiger partial charge in [0.1, 0.15) is 0 Å². The van der Waals surface area contributed by atoms with Gasteiger partial charge in [-0.15, -0.1) is 0 Å². The highest BCUT2D eigenvalue weighted by Crippen LogP contribution is 2.32. The maximum atomic E-state index is 12.5. The van der Waals surface area contributed by atoms with Gasteiger partial charge in [0.15, 0.2) is 5.16 Å². The fourth-order valence-corrected chi connectivity index (χ4v) is 3.42. The van der Waals surface area contributed by atoms with Crippen LogP contribution in [0.4, 0.5) is 5.69 Å². The second-order valence-electron chi connectivity index (χ2n) is 5.05. The third-order valence-corrected chi connectivity index (χ3v) is 4.62. The van der Waals surface area contributed by atoms with Crippen molar-refractivity contribution in [2.75, 3.05) is 10.7 Å². The SMILES string of the molecule is C[C@H]1Cc2ccccc2N1C(=O)CSc1nccn1C. The molecule has 1 amide bonds. The van der Waals surface area contributed by atoms with Gasteiger partial charge in [-0.05, 0) is 25.0 Å². The highest BCUT2D eigenvalue weighted by molar-refractivity contribution is 7.99. The van der Waals surface area contributed by atoms with Crippen molar-refractivity contribution in [3.8, 4) is 0 Å². The van der Waals surface area contributed by atoms with Crippen LogP contribution in [0.25, 0.3) is 0 Å². The minimum absolute atomic E-state index is 0.149. The first kappa shape index (κ1) is 13.2. The molecule has 0 unspecified atom stereocenters. The smallest absolute Gasteiger partial charge is 0.237 e. The normalized spacial score (nSPS) is 17.3. The van der Waals surface area contributed by atoms with Gasteiger partial charge < -0.3 is 9.47 Å². The van der Waals surface area contributed by atoms with Crippen molar-refractivity contribution in [3.05, 3.63) is 42.2 Å². The van der Waals surface area contributed by atoms with E-state index in [2.05, 4.69) is 18.0 Å². The standard InChI is InChI=1S/C15H17N3OS/c1-11-9-12-5-3-4-6-13(12)18(11)14(19)10-20-15-16-7-8-17(15)2/h3-8,11H,9-10H2,1-2H3/t11-/m0/s1. The molecule has 4 nitrogen and oxygen atoms in total. The summed E-state index contributed by atoms with van der Waals surface area (Å²) >= 11 is 1.49. The molecule has 1 atom stereocenters. The fraction of sp³-hybridized carbons (Fsp3) is 0.333. The van der Waals surface area contributed by atoms with E-state index < -0.39 is 0 Å². The Morgan fingerprint density at radius 1 is 1.45 bits per heavy atom. The predicted octanol–water partition coefficient (Wildman–Crippen LogP) is 2.49. The van der Waals surface area contributed by atoms with Crippen LogP contribution in [0.5, 0.6) is 0 Å². The Hall–Kier alpha value is -1.75. The lowest BCUT2D eigenvalue weighted by Crippen LogP contribution is -2.37. The summed E-state index contributed by atoms with van der Waals surface area (Å²) in [5, 5.41) is 0.874. The van der Waals surface area contributed by atoms with E-state index in [1.165, 1.54) is 17.3 Å². The molecule has 0 radical (unpaired) electrons. The summed E-state index contributed by atoms with van der Waals surface area (Å²) in [5.74, 6) is 0.569. The quantitative estimate of drug-likeness (QED) is 0.814. The van der Waals surface area contributed by atoms with Crippen molar-refractivity contribution in [2.24, 2.45) is 7.05 Å². The molecule has 104 valence electrons. The van der Waals surface area contributed by atoms with Crippen LogP contribution in [0.3, 0.4) is 0 Å². The molecule has 3 rings (SSSR count). The topological polar surface area (TPSA) is 38.1 Å². The monoisotopic (exact) mass is 287 g/mol. The van der Waals surface area contributed by atoms with Gasteiger partial charge in [-0.3, -0.25) is 4.79 Å². The maximum absolute atomic E-state index is 12.5. The Balaban J connectivity index is 1.73. The number of imidazole rings is 1. The minimum Gasteiger partial charge on any atom is -0.329 e. The second-order valence-corrected chi connectivity index (χ2v) is 6.00. The molecule has 5 heteroatoms. The van der Waals surface area contributed by atoms with Crippen molar-refractivity contribution in [1.82, 2.24) is 9.55 Å². The van der Waals surface area contributed by atoms with Gasteiger partial charge in [0, 0.05) is 31.2 Å². The molecule has 1 aromatic carbocycles. The van der Waals surface area contributed by atoms with E-state index in [9.17, 15) is 4.79 Å². The minimum atomic E-state index is 0.149. The summed E-state index contributed by atoms with van der Waals surface area (Å²) in [7, 11) is 1.94. The van der Waals surface area contributed by atoms with Crippen LogP contribution in [0.2, 0.25) is 0 Å². The number of rotatable bonds is 3. The van der Waals surface area contributed by atoms with Crippen molar-refractivity contribution in [3.63, 3.8) is 0 Å². The number of fused-ring (bicyclic) bond motifs is 1. The number of aromatic nitrogens is 2. The summed E-state index contributed by atoms with van der Waals surface area (Å²) in [6.07, 6.45) is 4.58. The van der Waals surface area contributed by atoms with Crippen LogP contribution < -0.4 is 4.90 Å². The summed E-state index contributed by atoms with van der Waals surface area (Å²) in [4.78, 5) is 18.6. The molecule has 0 saturated heterocycles. The number of benzene rings is 1. The Morgan fingerprint density at radius 2 is 2.25 bits per heavy atom. The van der Waals surface area contributed by atoms with Crippen LogP contribution in [0, 0.1) is 0 Å². The molecule has 1 aliphatic heterocycles. The molecular formula is C15H17N3OS. The number of carbonyl (C=O) groups is 1. The van der Waals surface area contributed by atoms with Crippen molar-refractivity contribution in [2.45, 2.75) is 24.5 Å². The Labute approximate surface area is 122 Å². The average Bonchev–Trinajstić information content (AvgIpc) is 2.98. The molecule has 2 aromatic rings. The number of hydrogen-bond donors (Lipinski definition) is 0. The number of hydrogen-bond acceptors (Lipinski definition) is 3. The first-order chi connectivity index (χ1) is 9.66. The average molecular weight is 287 g/mol. The summed E-state index contributed by atoms with van der Waals surface area (Å²) < 4.78 is 1.93. The largest absolute Gasteiger partial charge is 0.329 e. The van der Waals surface area contributed by atoms with Crippen LogP contribution in [-0.4, -0.2) is 27.3 Å². The van der Waals surface area contributed by atoms with Crippen LogP contribution in [0.1, 0.15) is 12.5 Å². The molecule has 0 saturated carbocycles. The summed E-state index contributed by atoms with van der Waals surface area (Å²) in [6.45, 7) is 2.10. The van der Waals surface area contributed by atoms with E-state index in [0.29, 0.717) is 5.75 Å². The van der Waals surface area contributed by atoms with Gasteiger partial charge in [0.05, 0.1) is 5.75 Å². The molecule has 20 heavy (non-hydrogen) atoms. The van der Waals surface area contributed by atoms with E-state index in [1.54, 1.807) is 6.20 Å². The van der Waals surface area contributed by atoms with Crippen molar-refractivity contribution in [1.29, 1.82) is 0 Å². The zero-order valence-electron chi connectivity index (χ0n) is 11.6. The lowest BCUT2D eigenvalue weighted by Gasteiger charge is -2.22. The van der Waals surface area contributed by atoms with E-state index in [0.717, 1.165) is 17.3 Å². The number of amides is 1. The number of carbonyl (C=O) groups excluding carboxylic acids is 1. The van der Waals surface area contributed by atoms with Gasteiger partial charge in [-0.1, -0.05) is 30.0 Å². The molecule has 2 heterocycles. The van der Waals surface area contributed by atoms with Crippen molar-refractivity contribution < 1.29 is 4.79 Å².